The highest BCUT2D eigenvalue weighted by Crippen LogP contribution is 2.26. The Morgan fingerprint density at radius 3 is 2.02 bits per heavy atom. The number of carbonyl (C=O) groups is 2. The van der Waals surface area contributed by atoms with E-state index in [1.807, 2.05) is 63.2 Å². The van der Waals surface area contributed by atoms with Gasteiger partial charge in [0, 0.05) is 12.6 Å². The second-order valence-electron chi connectivity index (χ2n) is 10.9. The van der Waals surface area contributed by atoms with Gasteiger partial charge in [-0.25, -0.2) is 8.42 Å². The van der Waals surface area contributed by atoms with Gasteiger partial charge in [0.15, 0.2) is 0 Å². The molecule has 0 spiro atoms. The number of aryl methyl sites for hydroxylation is 1. The van der Waals surface area contributed by atoms with Crippen LogP contribution in [-0.2, 0) is 26.0 Å². The summed E-state index contributed by atoms with van der Waals surface area (Å²) in [4.78, 5) is 28.7. The van der Waals surface area contributed by atoms with Crippen molar-refractivity contribution in [3.63, 3.8) is 0 Å². The molecule has 2 atom stereocenters. The smallest absolute Gasteiger partial charge is 0.264 e. The van der Waals surface area contributed by atoms with Gasteiger partial charge in [0.2, 0.25) is 11.8 Å². The van der Waals surface area contributed by atoms with Gasteiger partial charge in [0.25, 0.3) is 10.0 Å². The van der Waals surface area contributed by atoms with Gasteiger partial charge in [-0.3, -0.25) is 13.9 Å². The molecule has 0 aromatic heterocycles. The van der Waals surface area contributed by atoms with Crippen molar-refractivity contribution in [3.05, 3.63) is 95.6 Å². The predicted octanol–water partition coefficient (Wildman–Crippen LogP) is 5.69. The van der Waals surface area contributed by atoms with Crippen LogP contribution in [0.2, 0.25) is 0 Å². The number of nitrogens with one attached hydrogen (secondary N) is 1. The van der Waals surface area contributed by atoms with Crippen molar-refractivity contribution in [2.45, 2.75) is 77.3 Å². The molecule has 0 aliphatic heterocycles. The highest BCUT2D eigenvalue weighted by Gasteiger charge is 2.32. The minimum Gasteiger partial charge on any atom is -0.352 e. The first-order chi connectivity index (χ1) is 19.4. The van der Waals surface area contributed by atoms with E-state index in [0.29, 0.717) is 12.1 Å². The molecular weight excluding hydrogens is 534 g/mol. The Hall–Kier alpha value is -3.65. The monoisotopic (exact) mass is 577 g/mol. The molecule has 3 aromatic rings. The summed E-state index contributed by atoms with van der Waals surface area (Å²) in [5.41, 5.74) is 3.41. The Morgan fingerprint density at radius 1 is 0.854 bits per heavy atom. The van der Waals surface area contributed by atoms with Crippen LogP contribution in [-0.4, -0.2) is 50.3 Å². The number of hydrogen-bond donors (Lipinski definition) is 1. The normalized spacial score (nSPS) is 13.0. The molecular formula is C33H43N3O4S. The van der Waals surface area contributed by atoms with E-state index >= 15 is 0 Å². The number of carbonyl (C=O) groups excluding carboxylic acids is 2. The molecule has 0 aliphatic rings. The van der Waals surface area contributed by atoms with E-state index in [2.05, 4.69) is 19.2 Å². The second kappa shape index (κ2) is 14.3. The van der Waals surface area contributed by atoms with Crippen LogP contribution in [0.4, 0.5) is 5.69 Å². The maximum absolute atomic E-state index is 14.0. The fraction of sp³-hybridized carbons (Fsp3) is 0.394. The third kappa shape index (κ3) is 8.43. The lowest BCUT2D eigenvalue weighted by molar-refractivity contribution is -0.139. The number of sulfonamides is 1. The third-order valence-electron chi connectivity index (χ3n) is 7.39. The number of amides is 2. The van der Waals surface area contributed by atoms with Gasteiger partial charge in [0.1, 0.15) is 12.6 Å². The number of anilines is 1. The van der Waals surface area contributed by atoms with Gasteiger partial charge >= 0.3 is 0 Å². The van der Waals surface area contributed by atoms with Crippen LogP contribution in [0.1, 0.15) is 63.6 Å². The molecule has 0 aliphatic carbocycles. The minimum absolute atomic E-state index is 0.0473. The summed E-state index contributed by atoms with van der Waals surface area (Å²) in [6.07, 6.45) is 1.28. The molecule has 2 amide bonds. The summed E-state index contributed by atoms with van der Waals surface area (Å²) < 4.78 is 29.1. The van der Waals surface area contributed by atoms with Crippen molar-refractivity contribution in [2.75, 3.05) is 17.4 Å². The van der Waals surface area contributed by atoms with Gasteiger partial charge in [-0.1, -0.05) is 80.9 Å². The van der Waals surface area contributed by atoms with Crippen LogP contribution in [0.3, 0.4) is 0 Å². The standard InChI is InChI=1S/C33H43N3O4S/c1-7-26(5)34-33(38)27(6)35(22-21-28-11-9-8-10-12-28)32(37)23-36(30-17-15-29(16-18-30)24(2)3)41(39,40)31-19-13-25(4)14-20-31/h8-20,24,26-27H,7,21-23H2,1-6H3,(H,34,38). The molecule has 0 radical (unpaired) electrons. The lowest BCUT2D eigenvalue weighted by Gasteiger charge is -2.32. The van der Waals surface area contributed by atoms with Crippen LogP contribution < -0.4 is 9.62 Å². The maximum atomic E-state index is 14.0. The van der Waals surface area contributed by atoms with Crippen molar-refractivity contribution in [1.29, 1.82) is 0 Å². The summed E-state index contributed by atoms with van der Waals surface area (Å²) in [7, 11) is -4.08. The molecule has 0 saturated carbocycles. The van der Waals surface area contributed by atoms with Gasteiger partial charge < -0.3 is 10.2 Å². The van der Waals surface area contributed by atoms with Crippen LogP contribution in [0, 0.1) is 6.92 Å². The lowest BCUT2D eigenvalue weighted by Crippen LogP contribution is -2.53. The summed E-state index contributed by atoms with van der Waals surface area (Å²) >= 11 is 0. The fourth-order valence-corrected chi connectivity index (χ4v) is 5.84. The van der Waals surface area contributed by atoms with Gasteiger partial charge in [-0.15, -0.1) is 0 Å². The van der Waals surface area contributed by atoms with Crippen molar-refractivity contribution in [3.8, 4) is 0 Å². The Morgan fingerprint density at radius 2 is 1.46 bits per heavy atom. The van der Waals surface area contributed by atoms with Crippen molar-refractivity contribution in [2.24, 2.45) is 0 Å². The topological polar surface area (TPSA) is 86.8 Å². The zero-order valence-corrected chi connectivity index (χ0v) is 25.8. The second-order valence-corrected chi connectivity index (χ2v) is 12.7. The van der Waals surface area contributed by atoms with E-state index in [0.717, 1.165) is 27.4 Å². The Labute approximate surface area is 245 Å². The maximum Gasteiger partial charge on any atom is 0.264 e. The molecule has 7 nitrogen and oxygen atoms in total. The predicted molar refractivity (Wildman–Crippen MR) is 165 cm³/mol. The largest absolute Gasteiger partial charge is 0.352 e. The molecule has 2 unspecified atom stereocenters. The Bertz CT molecular complexity index is 1390. The number of rotatable bonds is 13. The Balaban J connectivity index is 1.99. The minimum atomic E-state index is -4.08. The molecule has 1 N–H and O–H groups in total. The number of nitrogens with zero attached hydrogens (tertiary/aromatic N) is 2. The van der Waals surface area contributed by atoms with Crippen LogP contribution in [0.5, 0.6) is 0 Å². The van der Waals surface area contributed by atoms with E-state index in [9.17, 15) is 18.0 Å². The number of benzene rings is 3. The van der Waals surface area contributed by atoms with Crippen LogP contribution >= 0.6 is 0 Å². The molecule has 3 aromatic carbocycles. The zero-order chi connectivity index (χ0) is 30.2. The molecule has 3 rings (SSSR count). The van der Waals surface area contributed by atoms with Gasteiger partial charge in [-0.2, -0.15) is 0 Å². The van der Waals surface area contributed by atoms with E-state index in [4.69, 9.17) is 0 Å². The fourth-order valence-electron chi connectivity index (χ4n) is 4.43. The SMILES string of the molecule is CCC(C)NC(=O)C(C)N(CCc1ccccc1)C(=O)CN(c1ccc(C(C)C)cc1)S(=O)(=O)c1ccc(C)cc1. The summed E-state index contributed by atoms with van der Waals surface area (Å²) in [6.45, 7) is 11.4. The van der Waals surface area contributed by atoms with E-state index in [1.54, 1.807) is 43.3 Å². The summed E-state index contributed by atoms with van der Waals surface area (Å²) in [5, 5.41) is 2.96. The van der Waals surface area contributed by atoms with Crippen molar-refractivity contribution in [1.82, 2.24) is 10.2 Å². The first-order valence-corrected chi connectivity index (χ1v) is 15.7. The van der Waals surface area contributed by atoms with Gasteiger partial charge in [-0.05, 0) is 74.9 Å². The average Bonchev–Trinajstić information content (AvgIpc) is 2.96. The molecule has 41 heavy (non-hydrogen) atoms. The summed E-state index contributed by atoms with van der Waals surface area (Å²) in [6, 6.07) is 22.7. The van der Waals surface area contributed by atoms with E-state index < -0.39 is 28.5 Å². The number of hydrogen-bond acceptors (Lipinski definition) is 4. The van der Waals surface area contributed by atoms with Crippen molar-refractivity contribution < 1.29 is 18.0 Å². The molecule has 0 fully saturated rings. The molecule has 8 heteroatoms. The average molecular weight is 578 g/mol. The van der Waals surface area contributed by atoms with Gasteiger partial charge in [0.05, 0.1) is 10.6 Å². The quantitative estimate of drug-likeness (QED) is 0.283. The highest BCUT2D eigenvalue weighted by molar-refractivity contribution is 7.92. The molecule has 0 saturated heterocycles. The Kier molecular flexibility index (Phi) is 11.1. The summed E-state index contributed by atoms with van der Waals surface area (Å²) in [5.74, 6) is -0.447. The van der Waals surface area contributed by atoms with Crippen molar-refractivity contribution >= 4 is 27.5 Å². The highest BCUT2D eigenvalue weighted by atomic mass is 32.2. The van der Waals surface area contributed by atoms with E-state index in [-0.39, 0.29) is 29.3 Å². The van der Waals surface area contributed by atoms with E-state index in [1.165, 1.54) is 4.90 Å². The lowest BCUT2D eigenvalue weighted by atomic mass is 10.0. The third-order valence-corrected chi connectivity index (χ3v) is 9.18. The van der Waals surface area contributed by atoms with Crippen LogP contribution in [0.15, 0.2) is 83.8 Å². The molecule has 220 valence electrons. The molecule has 0 heterocycles. The zero-order valence-electron chi connectivity index (χ0n) is 25.0. The first-order valence-electron chi connectivity index (χ1n) is 14.3. The van der Waals surface area contributed by atoms with Crippen LogP contribution in [0.25, 0.3) is 0 Å². The molecule has 0 bridgehead atoms. The first kappa shape index (κ1) is 31.9.